The molecule has 2 atom stereocenters. The van der Waals surface area contributed by atoms with Crippen LogP contribution in [0.15, 0.2) is 36.8 Å². The third-order valence-corrected chi connectivity index (χ3v) is 5.93. The molecule has 11 nitrogen and oxygen atoms in total. The van der Waals surface area contributed by atoms with Crippen molar-refractivity contribution in [2.45, 2.75) is 31.6 Å². The molecule has 0 aliphatic carbocycles. The normalized spacial score (nSPS) is 17.7. The number of hydrogen-bond acceptors (Lipinski definition) is 7. The Bertz CT molecular complexity index is 1270. The molecule has 0 saturated carbocycles. The Balaban J connectivity index is 1.42. The van der Waals surface area contributed by atoms with Gasteiger partial charge >= 0.3 is 12.2 Å². The van der Waals surface area contributed by atoms with Crippen LogP contribution in [0.5, 0.6) is 0 Å². The van der Waals surface area contributed by atoms with Gasteiger partial charge in [-0.15, -0.1) is 0 Å². The Kier molecular flexibility index (Phi) is 5.49. The molecule has 0 spiro atoms. The van der Waals surface area contributed by atoms with Gasteiger partial charge in [0.2, 0.25) is 0 Å². The predicted octanol–water partition coefficient (Wildman–Crippen LogP) is 2.57. The van der Waals surface area contributed by atoms with Crippen LogP contribution < -0.4 is 20.4 Å². The standard InChI is InChI=1S/C21H20F3N9O2/c1-11(21(22,23)24)28-19(34)14-2-3-15-18(29-14)33(13-5-7-32(15)9-13)20(35)30-16-8-12(4-6-25-16)17-26-10-27-31-17/h2-4,6,8,10-11,13H,5,7,9H2,1H3,(H,28,34)(H,25,30,35)(H,26,27,31)/t11?,13-/m0/s1. The summed E-state index contributed by atoms with van der Waals surface area (Å²) in [7, 11) is 0. The van der Waals surface area contributed by atoms with Crippen LogP contribution in [-0.4, -0.2) is 68.4 Å². The molecular formula is C21H20F3N9O2. The number of aromatic nitrogens is 5. The number of urea groups is 1. The van der Waals surface area contributed by atoms with Crippen molar-refractivity contribution >= 4 is 29.3 Å². The lowest BCUT2D eigenvalue weighted by atomic mass is 10.1. The molecule has 3 aromatic heterocycles. The Morgan fingerprint density at radius 3 is 2.80 bits per heavy atom. The van der Waals surface area contributed by atoms with Crippen molar-refractivity contribution in [1.82, 2.24) is 30.5 Å². The number of aromatic amines is 1. The van der Waals surface area contributed by atoms with Crippen molar-refractivity contribution in [1.29, 1.82) is 0 Å². The Labute approximate surface area is 196 Å². The van der Waals surface area contributed by atoms with Crippen LogP contribution in [0.1, 0.15) is 23.8 Å². The van der Waals surface area contributed by atoms with Crippen molar-refractivity contribution in [3.8, 4) is 11.4 Å². The molecule has 3 aromatic rings. The molecule has 1 unspecified atom stereocenters. The number of anilines is 3. The summed E-state index contributed by atoms with van der Waals surface area (Å²) >= 11 is 0. The largest absolute Gasteiger partial charge is 0.408 e. The number of alkyl halides is 3. The molecule has 0 aromatic carbocycles. The first-order valence-corrected chi connectivity index (χ1v) is 10.8. The number of carbonyl (C=O) groups is 2. The molecule has 2 bridgehead atoms. The van der Waals surface area contributed by atoms with E-state index in [1.165, 1.54) is 23.5 Å². The van der Waals surface area contributed by atoms with Gasteiger partial charge in [0, 0.05) is 24.8 Å². The fraction of sp³-hybridized carbons (Fsp3) is 0.333. The number of nitrogens with one attached hydrogen (secondary N) is 3. The molecule has 1 fully saturated rings. The van der Waals surface area contributed by atoms with E-state index in [1.807, 2.05) is 10.2 Å². The maximum atomic E-state index is 13.3. The first-order chi connectivity index (χ1) is 16.7. The number of nitrogens with zero attached hydrogens (tertiary/aromatic N) is 6. The lowest BCUT2D eigenvalue weighted by molar-refractivity contribution is -0.149. The Hall–Kier alpha value is -4.23. The maximum absolute atomic E-state index is 13.3. The van der Waals surface area contributed by atoms with E-state index in [9.17, 15) is 22.8 Å². The highest BCUT2D eigenvalue weighted by Gasteiger charge is 2.41. The molecule has 2 aliphatic rings. The number of rotatable bonds is 4. The molecule has 182 valence electrons. The Morgan fingerprint density at radius 1 is 1.23 bits per heavy atom. The molecule has 5 heterocycles. The van der Waals surface area contributed by atoms with Gasteiger partial charge in [0.25, 0.3) is 5.91 Å². The minimum Gasteiger partial charge on any atom is -0.366 e. The van der Waals surface area contributed by atoms with Crippen LogP contribution in [0, 0.1) is 0 Å². The van der Waals surface area contributed by atoms with E-state index in [2.05, 4.69) is 30.5 Å². The minimum absolute atomic E-state index is 0.204. The van der Waals surface area contributed by atoms with Crippen molar-refractivity contribution < 1.29 is 22.8 Å². The number of amides is 3. The maximum Gasteiger partial charge on any atom is 0.408 e. The number of carbonyl (C=O) groups excluding carboxylic acids is 2. The summed E-state index contributed by atoms with van der Waals surface area (Å²) in [5.74, 6) is -0.0101. The summed E-state index contributed by atoms with van der Waals surface area (Å²) in [5, 5.41) is 11.2. The van der Waals surface area contributed by atoms with E-state index in [-0.39, 0.29) is 23.4 Å². The molecule has 3 N–H and O–H groups in total. The van der Waals surface area contributed by atoms with Crippen LogP contribution in [0.25, 0.3) is 11.4 Å². The summed E-state index contributed by atoms with van der Waals surface area (Å²) in [6.45, 7) is 2.10. The van der Waals surface area contributed by atoms with Crippen LogP contribution >= 0.6 is 0 Å². The van der Waals surface area contributed by atoms with Gasteiger partial charge in [0.05, 0.1) is 11.7 Å². The van der Waals surface area contributed by atoms with Gasteiger partial charge < -0.3 is 10.2 Å². The van der Waals surface area contributed by atoms with Gasteiger partial charge in [-0.05, 0) is 37.6 Å². The van der Waals surface area contributed by atoms with E-state index in [1.54, 1.807) is 18.2 Å². The fourth-order valence-electron chi connectivity index (χ4n) is 4.11. The third-order valence-electron chi connectivity index (χ3n) is 5.93. The highest BCUT2D eigenvalue weighted by atomic mass is 19.4. The zero-order valence-electron chi connectivity index (χ0n) is 18.4. The summed E-state index contributed by atoms with van der Waals surface area (Å²) in [6, 6.07) is 3.49. The molecule has 1 saturated heterocycles. The Morgan fingerprint density at radius 2 is 2.06 bits per heavy atom. The van der Waals surface area contributed by atoms with E-state index in [0.717, 1.165) is 6.92 Å². The van der Waals surface area contributed by atoms with E-state index >= 15 is 0 Å². The molecule has 2 aliphatic heterocycles. The van der Waals surface area contributed by atoms with E-state index in [4.69, 9.17) is 0 Å². The van der Waals surface area contributed by atoms with Crippen LogP contribution in [0.3, 0.4) is 0 Å². The molecule has 35 heavy (non-hydrogen) atoms. The quantitative estimate of drug-likeness (QED) is 0.515. The predicted molar refractivity (Wildman–Crippen MR) is 119 cm³/mol. The zero-order valence-corrected chi connectivity index (χ0v) is 18.4. The summed E-state index contributed by atoms with van der Waals surface area (Å²) in [5.41, 5.74) is 1.07. The summed E-state index contributed by atoms with van der Waals surface area (Å²) < 4.78 is 38.7. The van der Waals surface area contributed by atoms with E-state index in [0.29, 0.717) is 36.6 Å². The van der Waals surface area contributed by atoms with Crippen LogP contribution in [0.4, 0.5) is 35.3 Å². The number of halogens is 3. The van der Waals surface area contributed by atoms with E-state index < -0.39 is 24.2 Å². The van der Waals surface area contributed by atoms with Gasteiger partial charge in [-0.2, -0.15) is 18.3 Å². The average Bonchev–Trinajstić information content (AvgIpc) is 3.50. The monoisotopic (exact) mass is 487 g/mol. The van der Waals surface area contributed by atoms with Gasteiger partial charge in [-0.25, -0.2) is 19.7 Å². The second kappa shape index (κ2) is 8.52. The fourth-order valence-corrected chi connectivity index (χ4v) is 4.11. The number of fused-ring (bicyclic) bond motifs is 4. The number of H-pyrrole nitrogens is 1. The highest BCUT2D eigenvalue weighted by Crippen LogP contribution is 2.39. The highest BCUT2D eigenvalue weighted by molar-refractivity contribution is 6.05. The second-order valence-corrected chi connectivity index (χ2v) is 8.23. The number of hydrogen-bond donors (Lipinski definition) is 3. The van der Waals surface area contributed by atoms with Gasteiger partial charge in [0.15, 0.2) is 11.6 Å². The average molecular weight is 487 g/mol. The lowest BCUT2D eigenvalue weighted by Gasteiger charge is -2.35. The van der Waals surface area contributed by atoms with Crippen LogP contribution in [0.2, 0.25) is 0 Å². The van der Waals surface area contributed by atoms with Gasteiger partial charge in [-0.3, -0.25) is 20.1 Å². The van der Waals surface area contributed by atoms with Crippen molar-refractivity contribution in [2.24, 2.45) is 0 Å². The molecule has 5 rings (SSSR count). The molecular weight excluding hydrogens is 467 g/mol. The number of pyridine rings is 2. The molecule has 3 amide bonds. The SMILES string of the molecule is CC(NC(=O)c1ccc2c(n1)N(C(=O)Nc1cc(-c3ncn[nH]3)ccn1)[C@H]1CCN2C1)C(F)(F)F. The molecule has 0 radical (unpaired) electrons. The first kappa shape index (κ1) is 22.6. The van der Waals surface area contributed by atoms with Crippen molar-refractivity contribution in [3.05, 3.63) is 42.5 Å². The third kappa shape index (κ3) is 4.34. The summed E-state index contributed by atoms with van der Waals surface area (Å²) in [6.07, 6.45) is -1.05. The van der Waals surface area contributed by atoms with Crippen molar-refractivity contribution in [2.75, 3.05) is 28.2 Å². The summed E-state index contributed by atoms with van der Waals surface area (Å²) in [4.78, 5) is 41.8. The minimum atomic E-state index is -4.59. The van der Waals surface area contributed by atoms with Gasteiger partial charge in [-0.1, -0.05) is 0 Å². The first-order valence-electron chi connectivity index (χ1n) is 10.8. The zero-order chi connectivity index (χ0) is 24.7. The topological polar surface area (TPSA) is 132 Å². The van der Waals surface area contributed by atoms with Crippen molar-refractivity contribution in [3.63, 3.8) is 0 Å². The van der Waals surface area contributed by atoms with Crippen LogP contribution in [-0.2, 0) is 0 Å². The molecule has 14 heteroatoms. The van der Waals surface area contributed by atoms with Gasteiger partial charge in [0.1, 0.15) is 23.9 Å². The lowest BCUT2D eigenvalue weighted by Crippen LogP contribution is -2.49. The second-order valence-electron chi connectivity index (χ2n) is 8.23. The smallest absolute Gasteiger partial charge is 0.366 e.